The molecular weight excluding hydrogens is 809 g/mol. The van der Waals surface area contributed by atoms with Crippen LogP contribution in [0.3, 0.4) is 0 Å². The number of hydrogen-bond donors (Lipinski definition) is 4. The van der Waals surface area contributed by atoms with Crippen molar-refractivity contribution in [3.63, 3.8) is 0 Å². The molecule has 0 saturated heterocycles. The van der Waals surface area contributed by atoms with Gasteiger partial charge in [-0.05, 0) is 76.3 Å². The summed E-state index contributed by atoms with van der Waals surface area (Å²) < 4.78 is 46.2. The van der Waals surface area contributed by atoms with Crippen LogP contribution in [-0.2, 0) is 42.9 Å². The number of nitrogens with one attached hydrogen (secondary N) is 1. The minimum atomic E-state index is -2.48. The normalized spacial score (nSPS) is 33.4. The van der Waals surface area contributed by atoms with E-state index in [1.54, 1.807) is 69.3 Å². The molecule has 2 aromatic rings. The summed E-state index contributed by atoms with van der Waals surface area (Å²) in [5.74, 6) is -8.09. The third-order valence-electron chi connectivity index (χ3n) is 13.4. The second-order valence-corrected chi connectivity index (χ2v) is 18.6. The van der Waals surface area contributed by atoms with Gasteiger partial charge in [0.1, 0.15) is 35.2 Å². The smallest absolute Gasteiger partial charge is 0.408 e. The molecule has 1 amide bonds. The number of alkyl carbamates (subject to hydrolysis) is 1. The number of esters is 4. The van der Waals surface area contributed by atoms with Crippen LogP contribution in [0, 0.1) is 22.7 Å². The molecule has 3 fully saturated rings. The summed E-state index contributed by atoms with van der Waals surface area (Å²) in [5, 5.41) is 39.9. The maximum Gasteiger partial charge on any atom is 0.408 e. The van der Waals surface area contributed by atoms with Crippen LogP contribution in [0.15, 0.2) is 71.8 Å². The summed E-state index contributed by atoms with van der Waals surface area (Å²) in [6, 6.07) is 14.3. The lowest BCUT2D eigenvalue weighted by molar-refractivity contribution is -0.310. The Hall–Kier alpha value is -5.19. The standard InChI is InChI=1S/C46H56FNO14/c1-23-29(59-40(55)33(51)32(26-16-12-10-13-17-26)48-41(56)62-42(4,5)6)22-46(57)38(60-39(54)27-18-14-11-15-19-27)35-44(9,37(53)34(58-24(2)49)30(23)43(46,7)8)36(52)31(47)28-20-21-45(28,35)61-25(3)50/h10-19,28-29,31-36,38,51-52,57H,20-22H2,1-9H3,(H,48,56)/t28-,29+,31-,32+,33-,34-,35+,36+,38+,44+,45+,46-/m1/s1. The van der Waals surface area contributed by atoms with Crippen LogP contribution in [0.5, 0.6) is 0 Å². The molecule has 3 saturated carbocycles. The molecule has 12 atom stereocenters. The number of ether oxygens (including phenoxy) is 5. The lowest BCUT2D eigenvalue weighted by Crippen LogP contribution is -2.81. The molecule has 16 heteroatoms. The lowest BCUT2D eigenvalue weighted by Gasteiger charge is -2.68. The number of ketones is 1. The third kappa shape index (κ3) is 7.78. The van der Waals surface area contributed by atoms with Gasteiger partial charge in [-0.1, -0.05) is 62.4 Å². The highest BCUT2D eigenvalue weighted by atomic mass is 19.1. The number of halogens is 1. The highest BCUT2D eigenvalue weighted by Gasteiger charge is 2.79. The zero-order valence-corrected chi connectivity index (χ0v) is 36.3. The van der Waals surface area contributed by atoms with Gasteiger partial charge in [0.2, 0.25) is 0 Å². The number of rotatable bonds is 9. The molecular formula is C46H56FNO14. The van der Waals surface area contributed by atoms with Crippen molar-refractivity contribution in [2.24, 2.45) is 22.7 Å². The van der Waals surface area contributed by atoms with Gasteiger partial charge in [0.25, 0.3) is 0 Å². The first-order valence-electron chi connectivity index (χ1n) is 20.7. The van der Waals surface area contributed by atoms with Crippen LogP contribution in [0.25, 0.3) is 0 Å². The van der Waals surface area contributed by atoms with Crippen LogP contribution < -0.4 is 5.32 Å². The SMILES string of the molecule is CC(=O)O[C@H]1C(=O)[C@@]2(C)[C@H]([C@H](OC(=O)c3ccccc3)[C@]3(O)C[C@H](OC(=O)[C@H](O)[C@@H](NC(=O)OC(C)(C)C)c4ccccc4)C(C)=C1C3(C)C)[C@]1(OC(C)=O)CC[C@@H]1[C@@H](F)[C@@H]2O. The van der Waals surface area contributed by atoms with Crippen molar-refractivity contribution in [2.45, 2.75) is 141 Å². The van der Waals surface area contributed by atoms with Crippen molar-refractivity contribution in [3.8, 4) is 0 Å². The quantitative estimate of drug-likeness (QED) is 0.151. The predicted octanol–water partition coefficient (Wildman–Crippen LogP) is 4.79. The van der Waals surface area contributed by atoms with E-state index in [0.29, 0.717) is 5.56 Å². The summed E-state index contributed by atoms with van der Waals surface area (Å²) >= 11 is 0. The number of Topliss-reactive ketones (excluding diaryl/α,β-unsaturated/α-hetero) is 1. The molecule has 6 rings (SSSR count). The Morgan fingerprint density at radius 3 is 2.03 bits per heavy atom. The Balaban J connectivity index is 1.55. The molecule has 2 aromatic carbocycles. The number of amides is 1. The van der Waals surface area contributed by atoms with Crippen LogP contribution in [-0.4, -0.2) is 105 Å². The summed E-state index contributed by atoms with van der Waals surface area (Å²) in [6.07, 6.45) is -13.4. The van der Waals surface area contributed by atoms with E-state index in [4.69, 9.17) is 23.7 Å². The van der Waals surface area contributed by atoms with Crippen LogP contribution >= 0.6 is 0 Å². The molecule has 0 heterocycles. The van der Waals surface area contributed by atoms with E-state index in [-0.39, 0.29) is 29.6 Å². The Morgan fingerprint density at radius 1 is 0.903 bits per heavy atom. The number of fused-ring (bicyclic) bond motifs is 5. The lowest BCUT2D eigenvalue weighted by atomic mass is 9.40. The zero-order chi connectivity index (χ0) is 45.9. The number of benzene rings is 2. The second kappa shape index (κ2) is 16.5. The van der Waals surface area contributed by atoms with Crippen molar-refractivity contribution >= 4 is 35.8 Å². The van der Waals surface area contributed by atoms with Gasteiger partial charge in [0, 0.05) is 31.6 Å². The van der Waals surface area contributed by atoms with E-state index in [1.807, 2.05) is 0 Å². The van der Waals surface area contributed by atoms with Gasteiger partial charge >= 0.3 is 30.0 Å². The monoisotopic (exact) mass is 865 g/mol. The van der Waals surface area contributed by atoms with Gasteiger partial charge in [-0.3, -0.25) is 14.4 Å². The Bertz CT molecular complexity index is 2140. The van der Waals surface area contributed by atoms with Crippen LogP contribution in [0.2, 0.25) is 0 Å². The van der Waals surface area contributed by atoms with Gasteiger partial charge in [0.15, 0.2) is 18.0 Å². The van der Waals surface area contributed by atoms with Crippen molar-refractivity contribution in [1.29, 1.82) is 0 Å². The first-order valence-corrected chi connectivity index (χ1v) is 20.7. The van der Waals surface area contributed by atoms with E-state index in [9.17, 15) is 39.3 Å². The molecule has 15 nitrogen and oxygen atoms in total. The summed E-state index contributed by atoms with van der Waals surface area (Å²) in [5.41, 5.74) is -9.19. The molecule has 0 aliphatic heterocycles. The van der Waals surface area contributed by atoms with Gasteiger partial charge in [-0.2, -0.15) is 0 Å². The third-order valence-corrected chi connectivity index (χ3v) is 13.4. The molecule has 2 bridgehead atoms. The maximum absolute atomic E-state index is 16.7. The van der Waals surface area contributed by atoms with E-state index >= 15 is 9.18 Å². The molecule has 4 aliphatic carbocycles. The number of carbonyl (C=O) groups is 6. The van der Waals surface area contributed by atoms with E-state index < -0.39 is 124 Å². The summed E-state index contributed by atoms with van der Waals surface area (Å²) in [7, 11) is 0. The molecule has 4 N–H and O–H groups in total. The van der Waals surface area contributed by atoms with Crippen LogP contribution in [0.1, 0.15) is 104 Å². The molecule has 0 aromatic heterocycles. The fourth-order valence-electron chi connectivity index (χ4n) is 10.4. The molecule has 0 unspecified atom stereocenters. The van der Waals surface area contributed by atoms with E-state index in [2.05, 4.69) is 5.32 Å². The largest absolute Gasteiger partial charge is 0.458 e. The Kier molecular flexibility index (Phi) is 12.3. The zero-order valence-electron chi connectivity index (χ0n) is 36.3. The van der Waals surface area contributed by atoms with Gasteiger partial charge in [-0.25, -0.2) is 18.8 Å². The second-order valence-electron chi connectivity index (χ2n) is 18.6. The van der Waals surface area contributed by atoms with E-state index in [1.165, 1.54) is 39.8 Å². The minimum Gasteiger partial charge on any atom is -0.458 e. The fraction of sp³-hybridized carbons (Fsp3) is 0.565. The summed E-state index contributed by atoms with van der Waals surface area (Å²) in [4.78, 5) is 83.0. The van der Waals surface area contributed by atoms with Crippen molar-refractivity contribution in [1.82, 2.24) is 5.32 Å². The number of aliphatic hydroxyl groups is 3. The predicted molar refractivity (Wildman–Crippen MR) is 216 cm³/mol. The number of carbonyl (C=O) groups excluding carboxylic acids is 6. The number of aliphatic hydroxyl groups excluding tert-OH is 2. The van der Waals surface area contributed by atoms with Crippen molar-refractivity contribution in [3.05, 3.63) is 82.9 Å². The average Bonchev–Trinajstić information content (AvgIpc) is 3.18. The molecule has 4 aliphatic rings. The maximum atomic E-state index is 16.7. The summed E-state index contributed by atoms with van der Waals surface area (Å²) in [6.45, 7) is 12.7. The van der Waals surface area contributed by atoms with E-state index in [0.717, 1.165) is 13.8 Å². The molecule has 62 heavy (non-hydrogen) atoms. The topological polar surface area (TPSA) is 221 Å². The van der Waals surface area contributed by atoms with Gasteiger partial charge < -0.3 is 44.3 Å². The van der Waals surface area contributed by atoms with Crippen molar-refractivity contribution < 1.29 is 72.2 Å². The first kappa shape index (κ1) is 46.3. The highest BCUT2D eigenvalue weighted by Crippen LogP contribution is 2.67. The Labute approximate surface area is 359 Å². The van der Waals surface area contributed by atoms with Crippen molar-refractivity contribution in [2.75, 3.05) is 0 Å². The average molecular weight is 866 g/mol. The van der Waals surface area contributed by atoms with Crippen LogP contribution in [0.4, 0.5) is 9.18 Å². The molecule has 336 valence electrons. The molecule has 0 radical (unpaired) electrons. The molecule has 0 spiro atoms. The van der Waals surface area contributed by atoms with Gasteiger partial charge in [0.05, 0.1) is 29.0 Å². The highest BCUT2D eigenvalue weighted by molar-refractivity contribution is 5.95. The fourth-order valence-corrected chi connectivity index (χ4v) is 10.4. The first-order chi connectivity index (χ1) is 28.8. The van der Waals surface area contributed by atoms with Gasteiger partial charge in [-0.15, -0.1) is 0 Å². The number of hydrogen-bond acceptors (Lipinski definition) is 14. The minimum absolute atomic E-state index is 0.0199. The number of alkyl halides is 1. The Morgan fingerprint density at radius 2 is 1.50 bits per heavy atom.